The van der Waals surface area contributed by atoms with E-state index in [-0.39, 0.29) is 0 Å². The second kappa shape index (κ2) is 6.59. The van der Waals surface area contributed by atoms with E-state index in [9.17, 15) is 5.11 Å². The fraction of sp³-hybridized carbons (Fsp3) is 0.600. The molecule has 1 aromatic rings. The third-order valence-electron chi connectivity index (χ3n) is 1.76. The Morgan fingerprint density at radius 2 is 2.50 bits per heavy atom. The molecule has 0 amide bonds. The summed E-state index contributed by atoms with van der Waals surface area (Å²) in [6.45, 7) is 4.16. The van der Waals surface area contributed by atoms with Crippen molar-refractivity contribution in [3.8, 4) is 0 Å². The second-order valence-electron chi connectivity index (χ2n) is 3.06. The summed E-state index contributed by atoms with van der Waals surface area (Å²) in [5, 5.41) is 12.4. The Bertz CT molecular complexity index is 223. The van der Waals surface area contributed by atoms with Crippen LogP contribution in [0.3, 0.4) is 0 Å². The van der Waals surface area contributed by atoms with E-state index in [0.29, 0.717) is 19.8 Å². The summed E-state index contributed by atoms with van der Waals surface area (Å²) >= 11 is 0. The Morgan fingerprint density at radius 1 is 1.64 bits per heavy atom. The van der Waals surface area contributed by atoms with Gasteiger partial charge in [-0.1, -0.05) is 6.92 Å². The predicted molar refractivity (Wildman–Crippen MR) is 52.9 cm³/mol. The highest BCUT2D eigenvalue weighted by Crippen LogP contribution is 2.01. The zero-order valence-corrected chi connectivity index (χ0v) is 8.40. The minimum atomic E-state index is -0.454. The second-order valence-corrected chi connectivity index (χ2v) is 3.06. The Morgan fingerprint density at radius 3 is 3.14 bits per heavy atom. The first-order chi connectivity index (χ1) is 6.83. The number of hydrogen-bond donors (Lipinski definition) is 2. The summed E-state index contributed by atoms with van der Waals surface area (Å²) in [7, 11) is 0. The van der Waals surface area contributed by atoms with Crippen LogP contribution in [-0.2, 0) is 11.3 Å². The van der Waals surface area contributed by atoms with Crippen LogP contribution in [0.4, 0.5) is 0 Å². The highest BCUT2D eigenvalue weighted by Gasteiger charge is 2.03. The molecule has 0 aliphatic heterocycles. The van der Waals surface area contributed by atoms with Crippen molar-refractivity contribution in [2.75, 3.05) is 19.7 Å². The van der Waals surface area contributed by atoms with Crippen molar-refractivity contribution in [3.63, 3.8) is 0 Å². The van der Waals surface area contributed by atoms with E-state index in [4.69, 9.17) is 9.15 Å². The van der Waals surface area contributed by atoms with Gasteiger partial charge in [-0.05, 0) is 18.7 Å². The number of aliphatic hydroxyl groups excluding tert-OH is 1. The first kappa shape index (κ1) is 11.2. The zero-order valence-electron chi connectivity index (χ0n) is 8.40. The monoisotopic (exact) mass is 199 g/mol. The molecule has 4 heteroatoms. The fourth-order valence-electron chi connectivity index (χ4n) is 1.06. The Balaban J connectivity index is 2.03. The van der Waals surface area contributed by atoms with E-state index in [1.807, 2.05) is 19.1 Å². The number of ether oxygens (including phenoxy) is 1. The van der Waals surface area contributed by atoms with E-state index >= 15 is 0 Å². The van der Waals surface area contributed by atoms with Gasteiger partial charge in [0, 0.05) is 6.54 Å². The molecule has 1 aromatic heterocycles. The lowest BCUT2D eigenvalue weighted by Crippen LogP contribution is -2.30. The van der Waals surface area contributed by atoms with Gasteiger partial charge in [-0.3, -0.25) is 0 Å². The molecule has 1 heterocycles. The van der Waals surface area contributed by atoms with Crippen molar-refractivity contribution >= 4 is 0 Å². The summed E-state index contributed by atoms with van der Waals surface area (Å²) in [6.07, 6.45) is 1.15. The normalized spacial score (nSPS) is 13.0. The summed E-state index contributed by atoms with van der Waals surface area (Å²) < 4.78 is 10.3. The van der Waals surface area contributed by atoms with Gasteiger partial charge in [0.25, 0.3) is 0 Å². The molecule has 0 aromatic carbocycles. The lowest BCUT2D eigenvalue weighted by molar-refractivity contribution is 0.0229. The van der Waals surface area contributed by atoms with Crippen LogP contribution < -0.4 is 5.32 Å². The van der Waals surface area contributed by atoms with Gasteiger partial charge in [-0.15, -0.1) is 0 Å². The average Bonchev–Trinajstić information content (AvgIpc) is 2.67. The van der Waals surface area contributed by atoms with E-state index in [1.54, 1.807) is 6.26 Å². The van der Waals surface area contributed by atoms with Crippen LogP contribution in [0.5, 0.6) is 0 Å². The maximum atomic E-state index is 9.39. The Hall–Kier alpha value is -0.840. The van der Waals surface area contributed by atoms with Gasteiger partial charge >= 0.3 is 0 Å². The highest BCUT2D eigenvalue weighted by molar-refractivity contribution is 4.96. The van der Waals surface area contributed by atoms with Crippen molar-refractivity contribution in [3.05, 3.63) is 24.2 Å². The number of hydrogen-bond acceptors (Lipinski definition) is 4. The van der Waals surface area contributed by atoms with E-state index in [2.05, 4.69) is 5.32 Å². The molecule has 1 rings (SSSR count). The summed E-state index contributed by atoms with van der Waals surface area (Å²) in [6, 6.07) is 3.66. The van der Waals surface area contributed by atoms with Crippen molar-refractivity contribution in [2.45, 2.75) is 19.6 Å². The van der Waals surface area contributed by atoms with Gasteiger partial charge in [0.15, 0.2) is 0 Å². The predicted octanol–water partition coefficient (Wildman–Crippen LogP) is 0.767. The fourth-order valence-corrected chi connectivity index (χ4v) is 1.06. The van der Waals surface area contributed by atoms with E-state index < -0.39 is 6.10 Å². The molecular weight excluding hydrogens is 182 g/mol. The van der Waals surface area contributed by atoms with Gasteiger partial charge in [0.1, 0.15) is 12.4 Å². The first-order valence-electron chi connectivity index (χ1n) is 4.81. The number of rotatable bonds is 7. The van der Waals surface area contributed by atoms with Crippen molar-refractivity contribution in [1.29, 1.82) is 0 Å². The van der Waals surface area contributed by atoms with E-state index in [0.717, 1.165) is 12.3 Å². The minimum absolute atomic E-state index is 0.327. The molecule has 0 bridgehead atoms. The summed E-state index contributed by atoms with van der Waals surface area (Å²) in [5.41, 5.74) is 0. The number of nitrogens with one attached hydrogen (secondary N) is 1. The third kappa shape index (κ3) is 4.41. The lowest BCUT2D eigenvalue weighted by Gasteiger charge is -2.10. The van der Waals surface area contributed by atoms with Crippen LogP contribution in [0, 0.1) is 0 Å². The molecule has 4 nitrogen and oxygen atoms in total. The Kier molecular flexibility index (Phi) is 5.29. The standard InChI is InChI=1S/C10H17NO3/c1-2-11-6-9(12)7-13-8-10-4-3-5-14-10/h3-5,9,11-12H,2,6-8H2,1H3/t9-/m0/s1. The molecule has 2 N–H and O–H groups in total. The average molecular weight is 199 g/mol. The molecule has 14 heavy (non-hydrogen) atoms. The zero-order chi connectivity index (χ0) is 10.2. The minimum Gasteiger partial charge on any atom is -0.467 e. The maximum Gasteiger partial charge on any atom is 0.129 e. The van der Waals surface area contributed by atoms with Crippen molar-refractivity contribution in [1.82, 2.24) is 5.32 Å². The molecule has 0 aliphatic rings. The molecule has 0 saturated carbocycles. The molecular formula is C10H17NO3. The molecule has 0 fully saturated rings. The SMILES string of the molecule is CCNC[C@H](O)COCc1ccco1. The van der Waals surface area contributed by atoms with E-state index in [1.165, 1.54) is 0 Å². The topological polar surface area (TPSA) is 54.6 Å². The number of likely N-dealkylation sites (N-methyl/N-ethyl adjacent to an activating group) is 1. The van der Waals surface area contributed by atoms with Gasteiger partial charge in [0.05, 0.1) is 19.0 Å². The number of furan rings is 1. The third-order valence-corrected chi connectivity index (χ3v) is 1.76. The molecule has 0 saturated heterocycles. The van der Waals surface area contributed by atoms with Crippen LogP contribution in [-0.4, -0.2) is 30.9 Å². The molecule has 0 unspecified atom stereocenters. The van der Waals surface area contributed by atoms with Crippen LogP contribution in [0.1, 0.15) is 12.7 Å². The smallest absolute Gasteiger partial charge is 0.129 e. The van der Waals surface area contributed by atoms with Gasteiger partial charge in [-0.2, -0.15) is 0 Å². The van der Waals surface area contributed by atoms with Crippen LogP contribution in [0.15, 0.2) is 22.8 Å². The van der Waals surface area contributed by atoms with Crippen molar-refractivity contribution < 1.29 is 14.3 Å². The number of aliphatic hydroxyl groups is 1. The first-order valence-corrected chi connectivity index (χ1v) is 4.81. The largest absolute Gasteiger partial charge is 0.467 e. The lowest BCUT2D eigenvalue weighted by atomic mass is 10.4. The Labute approximate surface area is 83.9 Å². The molecule has 0 aliphatic carbocycles. The van der Waals surface area contributed by atoms with Gasteiger partial charge in [0.2, 0.25) is 0 Å². The summed E-state index contributed by atoms with van der Waals surface area (Å²) in [5.74, 6) is 0.778. The molecule has 0 spiro atoms. The highest BCUT2D eigenvalue weighted by atomic mass is 16.5. The molecule has 0 radical (unpaired) electrons. The van der Waals surface area contributed by atoms with Gasteiger partial charge in [-0.25, -0.2) is 0 Å². The summed E-state index contributed by atoms with van der Waals surface area (Å²) in [4.78, 5) is 0. The van der Waals surface area contributed by atoms with Crippen LogP contribution in [0.2, 0.25) is 0 Å². The quantitative estimate of drug-likeness (QED) is 0.681. The molecule has 80 valence electrons. The molecule has 1 atom stereocenters. The van der Waals surface area contributed by atoms with Gasteiger partial charge < -0.3 is 19.6 Å². The van der Waals surface area contributed by atoms with Crippen LogP contribution >= 0.6 is 0 Å². The van der Waals surface area contributed by atoms with Crippen molar-refractivity contribution in [2.24, 2.45) is 0 Å². The van der Waals surface area contributed by atoms with Crippen LogP contribution in [0.25, 0.3) is 0 Å². The maximum absolute atomic E-state index is 9.39.